The summed E-state index contributed by atoms with van der Waals surface area (Å²) in [5.41, 5.74) is 1.09. The molecule has 0 bridgehead atoms. The molecule has 1 rings (SSSR count). The van der Waals surface area contributed by atoms with Gasteiger partial charge >= 0.3 is 0 Å². The molecule has 1 heterocycles. The van der Waals surface area contributed by atoms with E-state index in [0.29, 0.717) is 0 Å². The average molecular weight is 271 g/mol. The van der Waals surface area contributed by atoms with Gasteiger partial charge in [-0.2, -0.15) is 0 Å². The van der Waals surface area contributed by atoms with Gasteiger partial charge < -0.3 is 4.90 Å². The van der Waals surface area contributed by atoms with E-state index in [0.717, 1.165) is 5.56 Å². The Balaban J connectivity index is 2.77. The van der Waals surface area contributed by atoms with Crippen molar-refractivity contribution >= 4 is 21.8 Å². The molecule has 0 saturated carbocycles. The minimum atomic E-state index is -0.146. The molecule has 1 aromatic rings. The smallest absolute Gasteiger partial charge is 0.236 e. The summed E-state index contributed by atoms with van der Waals surface area (Å²) >= 11 is 3.28. The number of pyridine rings is 1. The molecule has 3 nitrogen and oxygen atoms in total. The first-order valence-electron chi connectivity index (χ1n) is 4.84. The Morgan fingerprint density at radius 1 is 1.40 bits per heavy atom. The first kappa shape index (κ1) is 12.2. The van der Waals surface area contributed by atoms with Crippen LogP contribution in [0, 0.1) is 0 Å². The highest BCUT2D eigenvalue weighted by molar-refractivity contribution is 9.10. The van der Waals surface area contributed by atoms with Crippen LogP contribution in [-0.2, 0) is 4.79 Å². The van der Waals surface area contributed by atoms with Crippen LogP contribution in [0.3, 0.4) is 0 Å². The number of amides is 1. The van der Waals surface area contributed by atoms with Crippen LogP contribution in [0.4, 0.5) is 0 Å². The molecule has 0 aromatic carbocycles. The lowest BCUT2D eigenvalue weighted by Crippen LogP contribution is -2.34. The van der Waals surface area contributed by atoms with E-state index >= 15 is 0 Å². The minimum absolute atomic E-state index is 0.0699. The van der Waals surface area contributed by atoms with Crippen molar-refractivity contribution in [2.24, 2.45) is 0 Å². The van der Waals surface area contributed by atoms with Gasteiger partial charge in [-0.3, -0.25) is 9.78 Å². The Bertz CT molecular complexity index is 327. The second-order valence-electron chi connectivity index (χ2n) is 3.52. The van der Waals surface area contributed by atoms with Gasteiger partial charge in [0.2, 0.25) is 5.91 Å². The summed E-state index contributed by atoms with van der Waals surface area (Å²) in [6.45, 7) is 3.83. The van der Waals surface area contributed by atoms with Crippen LogP contribution in [0.25, 0.3) is 0 Å². The maximum atomic E-state index is 11.7. The number of halogens is 1. The third-order valence-corrected chi connectivity index (χ3v) is 2.85. The van der Waals surface area contributed by atoms with E-state index in [2.05, 4.69) is 20.9 Å². The zero-order valence-electron chi connectivity index (χ0n) is 9.14. The predicted molar refractivity (Wildman–Crippen MR) is 63.8 cm³/mol. The highest BCUT2D eigenvalue weighted by atomic mass is 79.9. The number of hydrogen-bond donors (Lipinski definition) is 0. The molecule has 0 aliphatic carbocycles. The van der Waals surface area contributed by atoms with E-state index in [-0.39, 0.29) is 16.8 Å². The summed E-state index contributed by atoms with van der Waals surface area (Å²) in [7, 11) is 1.81. The molecular weight excluding hydrogens is 256 g/mol. The molecule has 0 saturated heterocycles. The molecule has 0 fully saturated rings. The number of rotatable bonds is 3. The number of hydrogen-bond acceptors (Lipinski definition) is 2. The van der Waals surface area contributed by atoms with E-state index in [9.17, 15) is 4.79 Å². The molecule has 0 aliphatic rings. The van der Waals surface area contributed by atoms with Crippen LogP contribution in [-0.4, -0.2) is 27.7 Å². The van der Waals surface area contributed by atoms with Gasteiger partial charge in [0.15, 0.2) is 0 Å². The lowest BCUT2D eigenvalue weighted by atomic mass is 10.1. The summed E-state index contributed by atoms with van der Waals surface area (Å²) in [4.78, 5) is 17.3. The third-order valence-electron chi connectivity index (χ3n) is 2.46. The molecule has 0 spiro atoms. The number of nitrogens with zero attached hydrogens (tertiary/aromatic N) is 2. The van der Waals surface area contributed by atoms with Gasteiger partial charge in [0.1, 0.15) is 0 Å². The average Bonchev–Trinajstić information content (AvgIpc) is 2.27. The monoisotopic (exact) mass is 270 g/mol. The van der Waals surface area contributed by atoms with Gasteiger partial charge in [0.25, 0.3) is 0 Å². The van der Waals surface area contributed by atoms with Crippen LogP contribution in [0.5, 0.6) is 0 Å². The quantitative estimate of drug-likeness (QED) is 0.791. The highest BCUT2D eigenvalue weighted by Crippen LogP contribution is 2.19. The predicted octanol–water partition coefficient (Wildman–Crippen LogP) is 2.38. The fourth-order valence-corrected chi connectivity index (χ4v) is 1.66. The third kappa shape index (κ3) is 3.02. The summed E-state index contributed by atoms with van der Waals surface area (Å²) in [5, 5.41) is 0. The van der Waals surface area contributed by atoms with Crippen LogP contribution in [0.15, 0.2) is 24.5 Å². The second-order valence-corrected chi connectivity index (χ2v) is 4.90. The number of alkyl halides is 1. The number of aromatic nitrogens is 1. The standard InChI is InChI=1S/C11H15BrN2O/c1-8(12)11(15)14(3)9(2)10-4-6-13-7-5-10/h4-9H,1-3H3. The van der Waals surface area contributed by atoms with Gasteiger partial charge in [-0.05, 0) is 31.5 Å². The van der Waals surface area contributed by atoms with E-state index in [1.54, 1.807) is 17.3 Å². The minimum Gasteiger partial charge on any atom is -0.338 e. The van der Waals surface area contributed by atoms with Crippen LogP contribution >= 0.6 is 15.9 Å². The molecule has 0 N–H and O–H groups in total. The highest BCUT2D eigenvalue weighted by Gasteiger charge is 2.20. The maximum Gasteiger partial charge on any atom is 0.236 e. The molecule has 4 heteroatoms. The fraction of sp³-hybridized carbons (Fsp3) is 0.455. The summed E-state index contributed by atoms with van der Waals surface area (Å²) < 4.78 is 0. The Labute approximate surface area is 98.6 Å². The van der Waals surface area contributed by atoms with Gasteiger partial charge in [-0.1, -0.05) is 15.9 Å². The van der Waals surface area contributed by atoms with E-state index < -0.39 is 0 Å². The molecule has 15 heavy (non-hydrogen) atoms. The number of carbonyl (C=O) groups excluding carboxylic acids is 1. The molecule has 2 unspecified atom stereocenters. The zero-order chi connectivity index (χ0) is 11.4. The normalized spacial score (nSPS) is 14.4. The van der Waals surface area contributed by atoms with Crippen molar-refractivity contribution in [3.05, 3.63) is 30.1 Å². The van der Waals surface area contributed by atoms with Gasteiger partial charge in [-0.15, -0.1) is 0 Å². The molecule has 1 amide bonds. The Kier molecular flexibility index (Phi) is 4.27. The summed E-state index contributed by atoms with van der Waals surface area (Å²) in [6, 6.07) is 3.92. The van der Waals surface area contributed by atoms with Crippen molar-refractivity contribution in [2.75, 3.05) is 7.05 Å². The Hall–Kier alpha value is -0.900. The molecule has 82 valence electrons. The van der Waals surface area contributed by atoms with Crippen molar-refractivity contribution < 1.29 is 4.79 Å². The lowest BCUT2D eigenvalue weighted by Gasteiger charge is -2.26. The first-order valence-corrected chi connectivity index (χ1v) is 5.76. The van der Waals surface area contributed by atoms with Crippen molar-refractivity contribution in [2.45, 2.75) is 24.7 Å². The summed E-state index contributed by atoms with van der Waals surface area (Å²) in [6.07, 6.45) is 3.48. The SMILES string of the molecule is CC(Br)C(=O)N(C)C(C)c1ccncc1. The number of carbonyl (C=O) groups is 1. The van der Waals surface area contributed by atoms with Crippen LogP contribution in [0.1, 0.15) is 25.5 Å². The van der Waals surface area contributed by atoms with Crippen molar-refractivity contribution in [3.63, 3.8) is 0 Å². The maximum absolute atomic E-state index is 11.7. The van der Waals surface area contributed by atoms with Gasteiger partial charge in [-0.25, -0.2) is 0 Å². The Morgan fingerprint density at radius 3 is 2.40 bits per heavy atom. The zero-order valence-corrected chi connectivity index (χ0v) is 10.7. The van der Waals surface area contributed by atoms with Crippen molar-refractivity contribution in [3.8, 4) is 0 Å². The molecule has 0 radical (unpaired) electrons. The van der Waals surface area contributed by atoms with Crippen molar-refractivity contribution in [1.82, 2.24) is 9.88 Å². The molecule has 0 aliphatic heterocycles. The van der Waals surface area contributed by atoms with Gasteiger partial charge in [0.05, 0.1) is 10.9 Å². The van der Waals surface area contributed by atoms with E-state index in [1.807, 2.05) is 33.0 Å². The first-order chi connectivity index (χ1) is 7.04. The summed E-state index contributed by atoms with van der Waals surface area (Å²) in [5.74, 6) is 0.0827. The van der Waals surface area contributed by atoms with Crippen LogP contribution in [0.2, 0.25) is 0 Å². The fourth-order valence-electron chi connectivity index (χ4n) is 1.34. The van der Waals surface area contributed by atoms with Crippen molar-refractivity contribution in [1.29, 1.82) is 0 Å². The molecule has 2 atom stereocenters. The molecule has 1 aromatic heterocycles. The largest absolute Gasteiger partial charge is 0.338 e. The second kappa shape index (κ2) is 5.26. The topological polar surface area (TPSA) is 33.2 Å². The van der Waals surface area contributed by atoms with Gasteiger partial charge in [0, 0.05) is 19.4 Å². The lowest BCUT2D eigenvalue weighted by molar-refractivity contribution is -0.130. The van der Waals surface area contributed by atoms with E-state index in [1.165, 1.54) is 0 Å². The Morgan fingerprint density at radius 2 is 1.93 bits per heavy atom. The van der Waals surface area contributed by atoms with E-state index in [4.69, 9.17) is 0 Å². The van der Waals surface area contributed by atoms with Crippen LogP contribution < -0.4 is 0 Å². The molecular formula is C11H15BrN2O.